The summed E-state index contributed by atoms with van der Waals surface area (Å²) in [5, 5.41) is 21.6. The van der Waals surface area contributed by atoms with Crippen molar-refractivity contribution in [2.75, 3.05) is 0 Å². The summed E-state index contributed by atoms with van der Waals surface area (Å²) in [5.41, 5.74) is 0.722. The number of rotatable bonds is 2. The number of aryl methyl sites for hydroxylation is 1. The third-order valence-electron chi connectivity index (χ3n) is 5.90. The highest BCUT2D eigenvalue weighted by molar-refractivity contribution is 5.38. The molecule has 1 N–H and O–H groups in total. The highest BCUT2D eigenvalue weighted by Crippen LogP contribution is 2.56. The van der Waals surface area contributed by atoms with Gasteiger partial charge in [0.15, 0.2) is 0 Å². The summed E-state index contributed by atoms with van der Waals surface area (Å²) >= 11 is 0. The van der Waals surface area contributed by atoms with Crippen LogP contribution < -0.4 is 0 Å². The zero-order chi connectivity index (χ0) is 14.9. The van der Waals surface area contributed by atoms with Gasteiger partial charge in [-0.25, -0.2) is 0 Å². The Morgan fingerprint density at radius 2 is 2.10 bits per heavy atom. The van der Waals surface area contributed by atoms with Gasteiger partial charge in [-0.1, -0.05) is 37.6 Å². The van der Waals surface area contributed by atoms with Gasteiger partial charge in [-0.15, -0.1) is 0 Å². The predicted molar refractivity (Wildman–Crippen MR) is 83.6 cm³/mol. The van der Waals surface area contributed by atoms with Crippen LogP contribution in [0.2, 0.25) is 0 Å². The first kappa shape index (κ1) is 14.6. The van der Waals surface area contributed by atoms with Crippen molar-refractivity contribution in [3.8, 4) is 6.07 Å². The van der Waals surface area contributed by atoms with E-state index in [0.29, 0.717) is 5.92 Å². The molecule has 0 aliphatic heterocycles. The molecule has 112 valence electrons. The van der Waals surface area contributed by atoms with Crippen molar-refractivity contribution in [1.29, 1.82) is 5.26 Å². The lowest BCUT2D eigenvalue weighted by molar-refractivity contribution is -0.0686. The molecule has 1 aromatic rings. The fourth-order valence-electron chi connectivity index (χ4n) is 4.54. The van der Waals surface area contributed by atoms with E-state index in [9.17, 15) is 10.4 Å². The molecule has 2 heteroatoms. The standard InChI is InChI=1S/C19H25NO/c1-2-15-10-12-18(13-15,14-20)19(21)11-6-5-8-16-7-3-4-9-17(16)19/h3-4,7,9,15,21H,2,5-6,8,10-13H2,1H3. The van der Waals surface area contributed by atoms with Crippen LogP contribution in [0.5, 0.6) is 0 Å². The van der Waals surface area contributed by atoms with E-state index in [0.717, 1.165) is 56.9 Å². The molecule has 2 nitrogen and oxygen atoms in total. The first-order valence-corrected chi connectivity index (χ1v) is 8.37. The molecule has 3 unspecified atom stereocenters. The molecule has 0 saturated heterocycles. The Kier molecular flexibility index (Phi) is 3.80. The summed E-state index contributed by atoms with van der Waals surface area (Å²) in [6.45, 7) is 2.20. The van der Waals surface area contributed by atoms with Crippen LogP contribution in [0.4, 0.5) is 0 Å². The number of hydrogen-bond acceptors (Lipinski definition) is 2. The van der Waals surface area contributed by atoms with E-state index in [4.69, 9.17) is 0 Å². The second-order valence-electron chi connectivity index (χ2n) is 6.94. The molecule has 0 heterocycles. The van der Waals surface area contributed by atoms with E-state index in [1.165, 1.54) is 5.56 Å². The average molecular weight is 283 g/mol. The molecular formula is C19H25NO. The van der Waals surface area contributed by atoms with Gasteiger partial charge in [0.25, 0.3) is 0 Å². The molecule has 0 aromatic heterocycles. The van der Waals surface area contributed by atoms with Crippen LogP contribution in [-0.4, -0.2) is 5.11 Å². The second-order valence-corrected chi connectivity index (χ2v) is 6.94. The molecule has 2 aliphatic rings. The molecule has 0 bridgehead atoms. The molecule has 3 rings (SSSR count). The Morgan fingerprint density at radius 1 is 1.29 bits per heavy atom. The summed E-state index contributed by atoms with van der Waals surface area (Å²) in [6.07, 6.45) is 7.75. The van der Waals surface area contributed by atoms with Crippen LogP contribution in [-0.2, 0) is 12.0 Å². The van der Waals surface area contributed by atoms with Crippen molar-refractivity contribution in [1.82, 2.24) is 0 Å². The lowest BCUT2D eigenvalue weighted by atomic mass is 9.65. The molecule has 1 saturated carbocycles. The predicted octanol–water partition coefficient (Wildman–Crippen LogP) is 4.32. The van der Waals surface area contributed by atoms with E-state index in [1.807, 2.05) is 12.1 Å². The van der Waals surface area contributed by atoms with Gasteiger partial charge in [0.1, 0.15) is 5.60 Å². The molecule has 0 radical (unpaired) electrons. The average Bonchev–Trinajstić information content (AvgIpc) is 2.89. The first-order chi connectivity index (χ1) is 10.1. The van der Waals surface area contributed by atoms with Gasteiger partial charge in [-0.05, 0) is 62.0 Å². The molecule has 2 aliphatic carbocycles. The maximum Gasteiger partial charge on any atom is 0.108 e. The number of hydrogen-bond donors (Lipinski definition) is 1. The fourth-order valence-corrected chi connectivity index (χ4v) is 4.54. The van der Waals surface area contributed by atoms with Crippen LogP contribution in [0.3, 0.4) is 0 Å². The first-order valence-electron chi connectivity index (χ1n) is 8.37. The van der Waals surface area contributed by atoms with Gasteiger partial charge < -0.3 is 5.11 Å². The highest BCUT2D eigenvalue weighted by Gasteiger charge is 2.55. The number of aliphatic hydroxyl groups is 1. The smallest absolute Gasteiger partial charge is 0.108 e. The van der Waals surface area contributed by atoms with E-state index in [2.05, 4.69) is 25.1 Å². The van der Waals surface area contributed by atoms with Gasteiger partial charge in [-0.2, -0.15) is 5.26 Å². The zero-order valence-corrected chi connectivity index (χ0v) is 12.9. The van der Waals surface area contributed by atoms with Gasteiger partial charge in [0.05, 0.1) is 11.5 Å². The summed E-state index contributed by atoms with van der Waals surface area (Å²) < 4.78 is 0. The van der Waals surface area contributed by atoms with Crippen molar-refractivity contribution >= 4 is 0 Å². The van der Waals surface area contributed by atoms with Crippen LogP contribution >= 0.6 is 0 Å². The lowest BCUT2D eigenvalue weighted by Crippen LogP contribution is -2.44. The number of nitriles is 1. The van der Waals surface area contributed by atoms with Gasteiger partial charge in [-0.3, -0.25) is 0 Å². The largest absolute Gasteiger partial charge is 0.383 e. The Bertz CT molecular complexity index is 561. The van der Waals surface area contributed by atoms with Crippen LogP contribution in [0.1, 0.15) is 63.0 Å². The molecule has 1 aromatic carbocycles. The lowest BCUT2D eigenvalue weighted by Gasteiger charge is -2.41. The number of benzene rings is 1. The van der Waals surface area contributed by atoms with Gasteiger partial charge >= 0.3 is 0 Å². The van der Waals surface area contributed by atoms with Crippen LogP contribution in [0.25, 0.3) is 0 Å². The van der Waals surface area contributed by atoms with Gasteiger partial charge in [0.2, 0.25) is 0 Å². The number of fused-ring (bicyclic) bond motifs is 1. The van der Waals surface area contributed by atoms with Gasteiger partial charge in [0, 0.05) is 0 Å². The Labute approximate surface area is 127 Å². The minimum atomic E-state index is -0.960. The number of nitrogens with zero attached hydrogens (tertiary/aromatic N) is 1. The Morgan fingerprint density at radius 3 is 2.81 bits per heavy atom. The molecule has 0 spiro atoms. The summed E-state index contributed by atoms with van der Waals surface area (Å²) in [5.74, 6) is 0.587. The van der Waals surface area contributed by atoms with Crippen molar-refractivity contribution in [2.24, 2.45) is 11.3 Å². The molecule has 3 atom stereocenters. The van der Waals surface area contributed by atoms with Crippen molar-refractivity contribution in [3.05, 3.63) is 35.4 Å². The Hall–Kier alpha value is -1.33. The molecule has 21 heavy (non-hydrogen) atoms. The van der Waals surface area contributed by atoms with E-state index in [1.54, 1.807) is 0 Å². The van der Waals surface area contributed by atoms with Crippen LogP contribution in [0.15, 0.2) is 24.3 Å². The van der Waals surface area contributed by atoms with Crippen molar-refractivity contribution < 1.29 is 5.11 Å². The van der Waals surface area contributed by atoms with Crippen LogP contribution in [0, 0.1) is 22.7 Å². The normalized spacial score (nSPS) is 35.8. The Balaban J connectivity index is 2.09. The van der Waals surface area contributed by atoms with E-state index >= 15 is 0 Å². The minimum absolute atomic E-state index is 0.587. The van der Waals surface area contributed by atoms with Crippen molar-refractivity contribution in [3.63, 3.8) is 0 Å². The minimum Gasteiger partial charge on any atom is -0.383 e. The maximum absolute atomic E-state index is 11.6. The summed E-state index contributed by atoms with van der Waals surface area (Å²) in [4.78, 5) is 0. The molecule has 0 amide bonds. The zero-order valence-electron chi connectivity index (χ0n) is 12.9. The second kappa shape index (κ2) is 5.46. The van der Waals surface area contributed by atoms with E-state index in [-0.39, 0.29) is 0 Å². The summed E-state index contributed by atoms with van der Waals surface area (Å²) in [7, 11) is 0. The monoisotopic (exact) mass is 283 g/mol. The summed E-state index contributed by atoms with van der Waals surface area (Å²) in [6, 6.07) is 10.8. The quantitative estimate of drug-likeness (QED) is 0.821. The van der Waals surface area contributed by atoms with Crippen molar-refractivity contribution in [2.45, 2.75) is 63.9 Å². The van der Waals surface area contributed by atoms with E-state index < -0.39 is 11.0 Å². The topological polar surface area (TPSA) is 44.0 Å². The maximum atomic E-state index is 11.6. The molecular weight excluding hydrogens is 258 g/mol. The fraction of sp³-hybridized carbons (Fsp3) is 0.632. The SMILES string of the molecule is CCC1CCC(C#N)(C2(O)CCCCc3ccccc32)C1. The highest BCUT2D eigenvalue weighted by atomic mass is 16.3. The molecule has 1 fully saturated rings. The third-order valence-corrected chi connectivity index (χ3v) is 5.90. The third kappa shape index (κ3) is 2.19.